The highest BCUT2D eigenvalue weighted by molar-refractivity contribution is 7.47. The summed E-state index contributed by atoms with van der Waals surface area (Å²) in [6.07, 6.45) is 31.2. The Balaban J connectivity index is 3.45. The molecule has 0 aliphatic rings. The number of rotatable bonds is 32. The van der Waals surface area contributed by atoms with Crippen LogP contribution in [-0.2, 0) is 23.1 Å². The van der Waals surface area contributed by atoms with Gasteiger partial charge in [0.25, 0.3) is 0 Å². The van der Waals surface area contributed by atoms with Gasteiger partial charge in [-0.05, 0) is 32.1 Å². The lowest BCUT2D eigenvalue weighted by Gasteiger charge is -2.24. The lowest BCUT2D eigenvalue weighted by molar-refractivity contribution is -0.870. The molecule has 0 aromatic heterocycles. The second-order valence-corrected chi connectivity index (χ2v) is 14.1. The Hall–Kier alpha value is -0.270. The van der Waals surface area contributed by atoms with Crippen molar-refractivity contribution in [2.24, 2.45) is 0 Å². The molecule has 0 aliphatic carbocycles. The van der Waals surface area contributed by atoms with Crippen molar-refractivity contribution in [3.05, 3.63) is 12.2 Å². The molecule has 0 heterocycles. The van der Waals surface area contributed by atoms with E-state index in [4.69, 9.17) is 18.5 Å². The van der Waals surface area contributed by atoms with Gasteiger partial charge in [0.05, 0.1) is 34.4 Å². The Kier molecular flexibility index (Phi) is 28.3. The van der Waals surface area contributed by atoms with Crippen molar-refractivity contribution in [1.29, 1.82) is 0 Å². The number of quaternary nitrogens is 1. The number of methoxy groups -OCH3 is 1. The number of hydrogen-bond acceptors (Lipinski definition) is 5. The minimum atomic E-state index is -4.08. The Morgan fingerprint density at radius 2 is 1.12 bits per heavy atom. The first-order chi connectivity index (χ1) is 19.7. The SMILES string of the molecule is CCCCCCCCCCCCCCCCCC=CCCCCCOC[C@H](COP(=O)(O)OCC[N+](C)(C)C)OC. The average molecular weight is 607 g/mol. The molecule has 8 heteroatoms. The zero-order valence-corrected chi connectivity index (χ0v) is 28.7. The summed E-state index contributed by atoms with van der Waals surface area (Å²) in [6, 6.07) is 0. The van der Waals surface area contributed by atoms with E-state index < -0.39 is 13.9 Å². The first kappa shape index (κ1) is 40.7. The van der Waals surface area contributed by atoms with Crippen molar-refractivity contribution in [3.63, 3.8) is 0 Å². The molecule has 0 spiro atoms. The van der Waals surface area contributed by atoms with Crippen LogP contribution in [0.25, 0.3) is 0 Å². The van der Waals surface area contributed by atoms with Gasteiger partial charge in [0.2, 0.25) is 0 Å². The molecule has 246 valence electrons. The summed E-state index contributed by atoms with van der Waals surface area (Å²) in [5.41, 5.74) is 0. The topological polar surface area (TPSA) is 74.2 Å². The number of nitrogens with zero attached hydrogens (tertiary/aromatic N) is 1. The van der Waals surface area contributed by atoms with Crippen LogP contribution in [0.3, 0.4) is 0 Å². The number of hydrogen-bond donors (Lipinski definition) is 1. The van der Waals surface area contributed by atoms with E-state index in [1.165, 1.54) is 109 Å². The van der Waals surface area contributed by atoms with Crippen LogP contribution in [0.5, 0.6) is 0 Å². The molecule has 2 atom stereocenters. The standard InChI is InChI=1S/C33H68NO6P/c1-6-7-8-9-10-11-12-13-14-15-16-17-18-19-20-21-22-23-24-25-26-27-29-38-31-33(37-5)32-40-41(35,36)39-30-28-34(2,3)4/h22-23,33H,6-21,24-32H2,1-5H3/p+1/t33-/m1/s1. The molecule has 1 unspecified atom stereocenters. The summed E-state index contributed by atoms with van der Waals surface area (Å²) in [4.78, 5) is 9.82. The van der Waals surface area contributed by atoms with E-state index in [1.807, 2.05) is 21.1 Å². The first-order valence-corrected chi connectivity index (χ1v) is 18.4. The maximum Gasteiger partial charge on any atom is 0.472 e. The quantitative estimate of drug-likeness (QED) is 0.0356. The summed E-state index contributed by atoms with van der Waals surface area (Å²) in [5.74, 6) is 0. The monoisotopic (exact) mass is 606 g/mol. The van der Waals surface area contributed by atoms with Crippen LogP contribution in [0, 0.1) is 0 Å². The third-order valence-corrected chi connectivity index (χ3v) is 8.36. The molecule has 0 aliphatic heterocycles. The molecular formula is C33H69NO6P+. The van der Waals surface area contributed by atoms with Crippen LogP contribution in [0.15, 0.2) is 12.2 Å². The van der Waals surface area contributed by atoms with E-state index in [0.29, 0.717) is 24.2 Å². The molecule has 0 fully saturated rings. The number of ether oxygens (including phenoxy) is 2. The number of unbranched alkanes of at least 4 members (excludes halogenated alkanes) is 18. The predicted octanol–water partition coefficient (Wildman–Crippen LogP) is 9.24. The summed E-state index contributed by atoms with van der Waals surface area (Å²) < 4.78 is 33.7. The van der Waals surface area contributed by atoms with E-state index in [-0.39, 0.29) is 13.2 Å². The minimum absolute atomic E-state index is 0.0429. The van der Waals surface area contributed by atoms with Gasteiger partial charge in [-0.2, -0.15) is 0 Å². The number of phosphoric acid groups is 1. The Labute approximate surface area is 254 Å². The van der Waals surface area contributed by atoms with Gasteiger partial charge in [0.1, 0.15) is 19.3 Å². The Morgan fingerprint density at radius 3 is 1.59 bits per heavy atom. The van der Waals surface area contributed by atoms with Gasteiger partial charge >= 0.3 is 7.82 Å². The van der Waals surface area contributed by atoms with E-state index in [0.717, 1.165) is 19.3 Å². The van der Waals surface area contributed by atoms with Crippen LogP contribution in [-0.4, -0.2) is 76.7 Å². The van der Waals surface area contributed by atoms with Crippen LogP contribution < -0.4 is 0 Å². The molecule has 0 saturated heterocycles. The minimum Gasteiger partial charge on any atom is -0.379 e. The largest absolute Gasteiger partial charge is 0.472 e. The predicted molar refractivity (Wildman–Crippen MR) is 173 cm³/mol. The van der Waals surface area contributed by atoms with Gasteiger partial charge in [-0.1, -0.05) is 115 Å². The second kappa shape index (κ2) is 28.5. The normalized spacial score (nSPS) is 14.6. The molecule has 0 saturated carbocycles. The number of phosphoric ester groups is 1. The highest BCUT2D eigenvalue weighted by Gasteiger charge is 2.24. The molecule has 41 heavy (non-hydrogen) atoms. The molecule has 0 amide bonds. The third kappa shape index (κ3) is 32.5. The summed E-state index contributed by atoms with van der Waals surface area (Å²) in [7, 11) is 3.43. The second-order valence-electron chi connectivity index (χ2n) is 12.6. The van der Waals surface area contributed by atoms with Crippen molar-refractivity contribution in [2.45, 2.75) is 141 Å². The smallest absolute Gasteiger partial charge is 0.379 e. The van der Waals surface area contributed by atoms with Gasteiger partial charge in [0.15, 0.2) is 0 Å². The summed E-state index contributed by atoms with van der Waals surface area (Å²) >= 11 is 0. The molecule has 0 aromatic rings. The van der Waals surface area contributed by atoms with Gasteiger partial charge < -0.3 is 18.9 Å². The fourth-order valence-corrected chi connectivity index (χ4v) is 5.30. The van der Waals surface area contributed by atoms with Gasteiger partial charge in [-0.3, -0.25) is 9.05 Å². The van der Waals surface area contributed by atoms with Crippen LogP contribution in [0.1, 0.15) is 135 Å². The fourth-order valence-electron chi connectivity index (χ4n) is 4.56. The lowest BCUT2D eigenvalue weighted by atomic mass is 10.0. The molecule has 1 N–H and O–H groups in total. The zero-order chi connectivity index (χ0) is 30.5. The molecule has 0 rings (SSSR count). The van der Waals surface area contributed by atoms with Gasteiger partial charge in [-0.25, -0.2) is 4.57 Å². The fraction of sp³-hybridized carbons (Fsp3) is 0.939. The third-order valence-electron chi connectivity index (χ3n) is 7.38. The van der Waals surface area contributed by atoms with Crippen molar-refractivity contribution >= 4 is 7.82 Å². The van der Waals surface area contributed by atoms with E-state index >= 15 is 0 Å². The molecular weight excluding hydrogens is 537 g/mol. The highest BCUT2D eigenvalue weighted by atomic mass is 31.2. The Bertz CT molecular complexity index is 625. The Morgan fingerprint density at radius 1 is 0.659 bits per heavy atom. The maximum atomic E-state index is 12.0. The molecule has 0 radical (unpaired) electrons. The van der Waals surface area contributed by atoms with Gasteiger partial charge in [0, 0.05) is 13.7 Å². The number of allylic oxidation sites excluding steroid dienone is 2. The molecule has 0 aromatic carbocycles. The van der Waals surface area contributed by atoms with Crippen LogP contribution in [0.2, 0.25) is 0 Å². The van der Waals surface area contributed by atoms with Crippen molar-refractivity contribution in [1.82, 2.24) is 0 Å². The van der Waals surface area contributed by atoms with Crippen molar-refractivity contribution in [2.75, 3.05) is 61.2 Å². The van der Waals surface area contributed by atoms with E-state index in [2.05, 4.69) is 19.1 Å². The summed E-state index contributed by atoms with van der Waals surface area (Å²) in [6.45, 7) is 3.99. The van der Waals surface area contributed by atoms with Crippen LogP contribution in [0.4, 0.5) is 0 Å². The van der Waals surface area contributed by atoms with Gasteiger partial charge in [-0.15, -0.1) is 0 Å². The van der Waals surface area contributed by atoms with E-state index in [9.17, 15) is 9.46 Å². The highest BCUT2D eigenvalue weighted by Crippen LogP contribution is 2.43. The molecule has 7 nitrogen and oxygen atoms in total. The van der Waals surface area contributed by atoms with Crippen molar-refractivity contribution in [3.8, 4) is 0 Å². The van der Waals surface area contributed by atoms with Crippen LogP contribution >= 0.6 is 7.82 Å². The first-order valence-electron chi connectivity index (χ1n) is 16.9. The summed E-state index contributed by atoms with van der Waals surface area (Å²) in [5, 5.41) is 0. The van der Waals surface area contributed by atoms with E-state index in [1.54, 1.807) is 7.11 Å². The average Bonchev–Trinajstić information content (AvgIpc) is 2.91. The molecule has 0 bridgehead atoms. The number of likely N-dealkylation sites (N-methyl/N-ethyl adjacent to an activating group) is 1. The maximum absolute atomic E-state index is 12.0. The van der Waals surface area contributed by atoms with Crippen molar-refractivity contribution < 1.29 is 32.5 Å². The zero-order valence-electron chi connectivity index (χ0n) is 27.8. The lowest BCUT2D eigenvalue weighted by Crippen LogP contribution is -2.37.